The van der Waals surface area contributed by atoms with E-state index in [9.17, 15) is 4.79 Å². The number of nitrogens with zero attached hydrogens (tertiary/aromatic N) is 1. The number of hydrogen-bond acceptors (Lipinski definition) is 2. The first-order chi connectivity index (χ1) is 6.18. The molecule has 2 rings (SSSR count). The molecule has 1 unspecified atom stereocenters. The van der Waals surface area contributed by atoms with Gasteiger partial charge in [0.25, 0.3) is 0 Å². The van der Waals surface area contributed by atoms with Gasteiger partial charge in [0.15, 0.2) is 5.78 Å². The summed E-state index contributed by atoms with van der Waals surface area (Å²) in [7, 11) is 0. The van der Waals surface area contributed by atoms with Gasteiger partial charge in [0, 0.05) is 16.3 Å². The molecule has 1 aliphatic rings. The van der Waals surface area contributed by atoms with Crippen LogP contribution in [-0.4, -0.2) is 15.9 Å². The quantitative estimate of drug-likeness (QED) is 0.522. The molecule has 0 radical (unpaired) electrons. The summed E-state index contributed by atoms with van der Waals surface area (Å²) in [5.41, 5.74) is 1.47. The molecule has 1 atom stereocenters. The number of aliphatic imine (C=N–C) groups is 1. The SMILES string of the molecule is O=C1c2cc(Br)ccc2N=CC1I. The zero-order valence-electron chi connectivity index (χ0n) is 6.50. The van der Waals surface area contributed by atoms with E-state index in [-0.39, 0.29) is 9.71 Å². The number of carbonyl (C=O) groups excluding carboxylic acids is 1. The fourth-order valence-corrected chi connectivity index (χ4v) is 2.04. The molecule has 13 heavy (non-hydrogen) atoms. The number of fused-ring (bicyclic) bond motifs is 1. The Hall–Kier alpha value is -0.230. The lowest BCUT2D eigenvalue weighted by atomic mass is 10.0. The summed E-state index contributed by atoms with van der Waals surface area (Å²) >= 11 is 5.41. The fraction of sp³-hybridized carbons (Fsp3) is 0.111. The second kappa shape index (κ2) is 3.49. The Bertz CT molecular complexity index is 403. The average molecular weight is 350 g/mol. The lowest BCUT2D eigenvalue weighted by Crippen LogP contribution is -2.18. The standard InChI is InChI=1S/C9H5BrINO/c10-5-1-2-8-6(3-5)9(13)7(11)4-12-8/h1-4,7H. The molecule has 0 amide bonds. The molecule has 0 spiro atoms. The van der Waals surface area contributed by atoms with Crippen LogP contribution < -0.4 is 0 Å². The van der Waals surface area contributed by atoms with E-state index in [0.29, 0.717) is 5.56 Å². The summed E-state index contributed by atoms with van der Waals surface area (Å²) in [6.45, 7) is 0. The van der Waals surface area contributed by atoms with E-state index < -0.39 is 0 Å². The van der Waals surface area contributed by atoms with Gasteiger partial charge >= 0.3 is 0 Å². The minimum absolute atomic E-state index is 0.126. The molecule has 0 fully saturated rings. The molecule has 0 aromatic heterocycles. The van der Waals surface area contributed by atoms with Crippen LogP contribution in [0.2, 0.25) is 0 Å². The first-order valence-electron chi connectivity index (χ1n) is 3.70. The van der Waals surface area contributed by atoms with E-state index >= 15 is 0 Å². The zero-order chi connectivity index (χ0) is 9.42. The summed E-state index contributed by atoms with van der Waals surface area (Å²) in [5.74, 6) is 0.131. The lowest BCUT2D eigenvalue weighted by molar-refractivity contribution is 0.101. The monoisotopic (exact) mass is 349 g/mol. The molecule has 0 N–H and O–H groups in total. The second-order valence-electron chi connectivity index (χ2n) is 2.71. The largest absolute Gasteiger partial charge is 0.292 e. The lowest BCUT2D eigenvalue weighted by Gasteiger charge is -2.12. The highest BCUT2D eigenvalue weighted by Gasteiger charge is 2.21. The molecule has 2 nitrogen and oxygen atoms in total. The third-order valence-corrected chi connectivity index (χ3v) is 3.20. The van der Waals surface area contributed by atoms with E-state index in [1.54, 1.807) is 6.21 Å². The topological polar surface area (TPSA) is 29.4 Å². The van der Waals surface area contributed by atoms with E-state index in [1.807, 2.05) is 18.2 Å². The van der Waals surface area contributed by atoms with E-state index in [1.165, 1.54) is 0 Å². The first kappa shape index (κ1) is 9.33. The van der Waals surface area contributed by atoms with Crippen molar-refractivity contribution in [1.29, 1.82) is 0 Å². The summed E-state index contributed by atoms with van der Waals surface area (Å²) in [5, 5.41) is 0. The van der Waals surface area contributed by atoms with Gasteiger partial charge in [-0.25, -0.2) is 0 Å². The smallest absolute Gasteiger partial charge is 0.183 e. The second-order valence-corrected chi connectivity index (χ2v) is 4.96. The molecule has 0 saturated heterocycles. The molecule has 1 aromatic carbocycles. The van der Waals surface area contributed by atoms with E-state index in [0.717, 1.165) is 10.2 Å². The Morgan fingerprint density at radius 3 is 3.00 bits per heavy atom. The molecule has 1 aliphatic heterocycles. The van der Waals surface area contributed by atoms with Crippen molar-refractivity contribution >= 4 is 56.2 Å². The molecule has 0 aliphatic carbocycles. The number of benzene rings is 1. The van der Waals surface area contributed by atoms with Gasteiger partial charge in [0.2, 0.25) is 0 Å². The molecule has 1 heterocycles. The molecular formula is C9H5BrINO. The molecule has 0 saturated carbocycles. The Balaban J connectivity index is 2.60. The van der Waals surface area contributed by atoms with Crippen molar-refractivity contribution < 1.29 is 4.79 Å². The highest BCUT2D eigenvalue weighted by atomic mass is 127. The maximum absolute atomic E-state index is 11.6. The van der Waals surface area contributed by atoms with Crippen LogP contribution in [0.1, 0.15) is 10.4 Å². The Morgan fingerprint density at radius 1 is 1.46 bits per heavy atom. The van der Waals surface area contributed by atoms with Gasteiger partial charge in [-0.1, -0.05) is 38.5 Å². The van der Waals surface area contributed by atoms with Gasteiger partial charge in [0.05, 0.1) is 5.69 Å². The van der Waals surface area contributed by atoms with Crippen molar-refractivity contribution in [2.75, 3.05) is 0 Å². The minimum atomic E-state index is -0.126. The van der Waals surface area contributed by atoms with Crippen LogP contribution in [0.3, 0.4) is 0 Å². The predicted molar refractivity (Wildman–Crippen MR) is 64.4 cm³/mol. The fourth-order valence-electron chi connectivity index (χ4n) is 1.18. The maximum Gasteiger partial charge on any atom is 0.183 e. The highest BCUT2D eigenvalue weighted by molar-refractivity contribution is 14.1. The molecule has 1 aromatic rings. The van der Waals surface area contributed by atoms with Crippen molar-refractivity contribution in [3.8, 4) is 0 Å². The van der Waals surface area contributed by atoms with Gasteiger partial charge in [0.1, 0.15) is 3.92 Å². The summed E-state index contributed by atoms with van der Waals surface area (Å²) in [6.07, 6.45) is 1.68. The van der Waals surface area contributed by atoms with Crippen LogP contribution in [0.5, 0.6) is 0 Å². The van der Waals surface area contributed by atoms with Gasteiger partial charge in [-0.05, 0) is 18.2 Å². The summed E-state index contributed by atoms with van der Waals surface area (Å²) < 4.78 is 0.791. The Morgan fingerprint density at radius 2 is 2.23 bits per heavy atom. The Kier molecular flexibility index (Phi) is 2.51. The van der Waals surface area contributed by atoms with Crippen LogP contribution in [0, 0.1) is 0 Å². The number of carbonyl (C=O) groups is 1. The van der Waals surface area contributed by atoms with Crippen molar-refractivity contribution in [2.45, 2.75) is 3.92 Å². The number of halogens is 2. The molecular weight excluding hydrogens is 345 g/mol. The van der Waals surface area contributed by atoms with Crippen molar-refractivity contribution in [3.63, 3.8) is 0 Å². The normalized spacial score (nSPS) is 20.2. The van der Waals surface area contributed by atoms with Crippen LogP contribution >= 0.6 is 38.5 Å². The number of alkyl halides is 1. The number of ketones is 1. The maximum atomic E-state index is 11.6. The van der Waals surface area contributed by atoms with E-state index in [2.05, 4.69) is 43.5 Å². The van der Waals surface area contributed by atoms with Crippen LogP contribution in [0.25, 0.3) is 0 Å². The van der Waals surface area contributed by atoms with Crippen molar-refractivity contribution in [1.82, 2.24) is 0 Å². The molecule has 66 valence electrons. The molecule has 4 heteroatoms. The third kappa shape index (κ3) is 1.69. The van der Waals surface area contributed by atoms with Gasteiger partial charge in [-0.2, -0.15) is 0 Å². The summed E-state index contributed by atoms with van der Waals surface area (Å²) in [6, 6.07) is 5.55. The minimum Gasteiger partial charge on any atom is -0.292 e. The first-order valence-corrected chi connectivity index (χ1v) is 5.74. The third-order valence-electron chi connectivity index (χ3n) is 1.82. The van der Waals surface area contributed by atoms with E-state index in [4.69, 9.17) is 0 Å². The molecule has 0 bridgehead atoms. The van der Waals surface area contributed by atoms with Crippen LogP contribution in [0.15, 0.2) is 27.7 Å². The number of hydrogen-bond donors (Lipinski definition) is 0. The van der Waals surface area contributed by atoms with Crippen molar-refractivity contribution in [2.24, 2.45) is 4.99 Å². The van der Waals surface area contributed by atoms with Crippen LogP contribution in [0.4, 0.5) is 5.69 Å². The Labute approximate surface area is 97.7 Å². The number of Topliss-reactive ketones (excluding diaryl/α,β-unsaturated/α-hetero) is 1. The zero-order valence-corrected chi connectivity index (χ0v) is 10.2. The van der Waals surface area contributed by atoms with Gasteiger partial charge in [-0.3, -0.25) is 9.79 Å². The summed E-state index contributed by atoms with van der Waals surface area (Å²) in [4.78, 5) is 15.8. The highest BCUT2D eigenvalue weighted by Crippen LogP contribution is 2.28. The predicted octanol–water partition coefficient (Wildman–Crippen LogP) is 3.15. The van der Waals surface area contributed by atoms with Gasteiger partial charge in [-0.15, -0.1) is 0 Å². The van der Waals surface area contributed by atoms with Crippen LogP contribution in [-0.2, 0) is 0 Å². The average Bonchev–Trinajstić information content (AvgIpc) is 2.12. The van der Waals surface area contributed by atoms with Gasteiger partial charge < -0.3 is 0 Å². The van der Waals surface area contributed by atoms with Crippen molar-refractivity contribution in [3.05, 3.63) is 28.2 Å². The number of rotatable bonds is 0.